The number of hydrogen-bond acceptors (Lipinski definition) is 2. The van der Waals surface area contributed by atoms with Crippen molar-refractivity contribution in [2.75, 3.05) is 13.6 Å². The van der Waals surface area contributed by atoms with Crippen molar-refractivity contribution in [2.24, 2.45) is 0 Å². The normalized spacial score (nSPS) is 13.2. The third-order valence-electron chi connectivity index (χ3n) is 4.26. The van der Waals surface area contributed by atoms with E-state index in [1.54, 1.807) is 17.3 Å². The number of carbonyl (C=O) groups excluding carboxylic acids is 1. The van der Waals surface area contributed by atoms with E-state index >= 15 is 0 Å². The summed E-state index contributed by atoms with van der Waals surface area (Å²) in [7, 11) is 1.82. The summed E-state index contributed by atoms with van der Waals surface area (Å²) < 4.78 is 0. The highest BCUT2D eigenvalue weighted by molar-refractivity contribution is 5.74. The summed E-state index contributed by atoms with van der Waals surface area (Å²) in [5, 5.41) is 3.02. The summed E-state index contributed by atoms with van der Waals surface area (Å²) in [6.07, 6.45) is 3.49. The molecular weight excluding hydrogens is 286 g/mol. The van der Waals surface area contributed by atoms with Gasteiger partial charge in [-0.25, -0.2) is 4.79 Å². The van der Waals surface area contributed by atoms with Crippen LogP contribution in [-0.2, 0) is 0 Å². The van der Waals surface area contributed by atoms with Gasteiger partial charge in [0.1, 0.15) is 0 Å². The Morgan fingerprint density at radius 3 is 2.52 bits per heavy atom. The van der Waals surface area contributed by atoms with E-state index in [1.807, 2.05) is 26.1 Å². The van der Waals surface area contributed by atoms with Gasteiger partial charge < -0.3 is 10.2 Å². The summed E-state index contributed by atoms with van der Waals surface area (Å²) in [6.45, 7) is 6.84. The number of urea groups is 1. The molecule has 0 aliphatic heterocycles. The number of aryl methyl sites for hydroxylation is 1. The van der Waals surface area contributed by atoms with Crippen LogP contribution in [0.4, 0.5) is 4.79 Å². The highest BCUT2D eigenvalue weighted by atomic mass is 16.2. The van der Waals surface area contributed by atoms with Crippen molar-refractivity contribution in [3.05, 3.63) is 65.5 Å². The zero-order valence-corrected chi connectivity index (χ0v) is 14.3. The number of pyridine rings is 1. The molecule has 2 rings (SSSR count). The molecule has 4 nitrogen and oxygen atoms in total. The second-order valence-corrected chi connectivity index (χ2v) is 6.07. The van der Waals surface area contributed by atoms with E-state index in [0.717, 1.165) is 5.56 Å². The van der Waals surface area contributed by atoms with Crippen LogP contribution in [0.3, 0.4) is 0 Å². The first kappa shape index (κ1) is 17.0. The fourth-order valence-corrected chi connectivity index (χ4v) is 2.50. The van der Waals surface area contributed by atoms with E-state index in [2.05, 4.69) is 48.4 Å². The number of nitrogens with one attached hydrogen (secondary N) is 1. The molecule has 2 amide bonds. The van der Waals surface area contributed by atoms with E-state index in [1.165, 1.54) is 11.1 Å². The molecule has 0 saturated heterocycles. The number of amides is 2. The summed E-state index contributed by atoms with van der Waals surface area (Å²) in [4.78, 5) is 18.1. The molecule has 0 aliphatic carbocycles. The van der Waals surface area contributed by atoms with Crippen molar-refractivity contribution >= 4 is 6.03 Å². The van der Waals surface area contributed by atoms with Crippen LogP contribution in [0.1, 0.15) is 42.5 Å². The molecule has 1 heterocycles. The van der Waals surface area contributed by atoms with Gasteiger partial charge in [-0.15, -0.1) is 0 Å². The van der Waals surface area contributed by atoms with Crippen LogP contribution in [0.25, 0.3) is 0 Å². The van der Waals surface area contributed by atoms with Gasteiger partial charge in [-0.05, 0) is 43.0 Å². The van der Waals surface area contributed by atoms with Crippen molar-refractivity contribution in [1.29, 1.82) is 0 Å². The molecule has 2 atom stereocenters. The largest absolute Gasteiger partial charge is 0.337 e. The molecule has 0 saturated carbocycles. The zero-order chi connectivity index (χ0) is 16.8. The Morgan fingerprint density at radius 2 is 1.87 bits per heavy atom. The van der Waals surface area contributed by atoms with Crippen molar-refractivity contribution < 1.29 is 4.79 Å². The van der Waals surface area contributed by atoms with Crippen LogP contribution in [0.2, 0.25) is 0 Å². The molecule has 1 aromatic carbocycles. The Balaban J connectivity index is 1.91. The Kier molecular flexibility index (Phi) is 5.74. The molecule has 0 unspecified atom stereocenters. The molecule has 23 heavy (non-hydrogen) atoms. The van der Waals surface area contributed by atoms with Crippen LogP contribution in [0.5, 0.6) is 0 Å². The van der Waals surface area contributed by atoms with Crippen LogP contribution in [-0.4, -0.2) is 29.5 Å². The maximum atomic E-state index is 12.4. The maximum absolute atomic E-state index is 12.4. The van der Waals surface area contributed by atoms with Crippen LogP contribution in [0.15, 0.2) is 48.8 Å². The number of nitrogens with zero attached hydrogens (tertiary/aromatic N) is 2. The van der Waals surface area contributed by atoms with Gasteiger partial charge in [0.15, 0.2) is 0 Å². The van der Waals surface area contributed by atoms with Crippen LogP contribution < -0.4 is 5.32 Å². The number of hydrogen-bond donors (Lipinski definition) is 1. The van der Waals surface area contributed by atoms with E-state index in [-0.39, 0.29) is 18.0 Å². The van der Waals surface area contributed by atoms with Gasteiger partial charge in [0.05, 0.1) is 6.04 Å². The van der Waals surface area contributed by atoms with Crippen LogP contribution in [0, 0.1) is 6.92 Å². The van der Waals surface area contributed by atoms with Crippen molar-refractivity contribution in [3.63, 3.8) is 0 Å². The van der Waals surface area contributed by atoms with E-state index in [0.29, 0.717) is 6.54 Å². The first-order chi connectivity index (χ1) is 11.0. The van der Waals surface area contributed by atoms with Crippen molar-refractivity contribution in [3.8, 4) is 0 Å². The molecule has 0 aliphatic rings. The summed E-state index contributed by atoms with van der Waals surface area (Å²) in [6, 6.07) is 12.2. The molecule has 0 bridgehead atoms. The summed E-state index contributed by atoms with van der Waals surface area (Å²) in [5.41, 5.74) is 3.56. The fraction of sp³-hybridized carbons (Fsp3) is 0.368. The van der Waals surface area contributed by atoms with Gasteiger partial charge in [0.2, 0.25) is 0 Å². The Hall–Kier alpha value is -2.36. The molecule has 0 fully saturated rings. The van der Waals surface area contributed by atoms with Gasteiger partial charge in [0.25, 0.3) is 0 Å². The minimum absolute atomic E-state index is 0.00674. The molecule has 4 heteroatoms. The summed E-state index contributed by atoms with van der Waals surface area (Å²) in [5.74, 6) is 0.281. The van der Waals surface area contributed by atoms with Crippen molar-refractivity contribution in [1.82, 2.24) is 15.2 Å². The number of benzene rings is 1. The fourth-order valence-electron chi connectivity index (χ4n) is 2.50. The van der Waals surface area contributed by atoms with Gasteiger partial charge >= 0.3 is 6.03 Å². The summed E-state index contributed by atoms with van der Waals surface area (Å²) >= 11 is 0. The maximum Gasteiger partial charge on any atom is 0.317 e. The van der Waals surface area contributed by atoms with Gasteiger partial charge in [-0.1, -0.05) is 36.8 Å². The lowest BCUT2D eigenvalue weighted by Gasteiger charge is -2.26. The first-order valence-electron chi connectivity index (χ1n) is 7.96. The van der Waals surface area contributed by atoms with E-state index in [9.17, 15) is 4.79 Å². The van der Waals surface area contributed by atoms with Gasteiger partial charge in [-0.3, -0.25) is 4.98 Å². The van der Waals surface area contributed by atoms with Gasteiger partial charge in [-0.2, -0.15) is 0 Å². The second-order valence-electron chi connectivity index (χ2n) is 6.07. The molecule has 122 valence electrons. The van der Waals surface area contributed by atoms with E-state index in [4.69, 9.17) is 0 Å². The van der Waals surface area contributed by atoms with E-state index < -0.39 is 0 Å². The molecule has 1 aromatic heterocycles. The zero-order valence-electron chi connectivity index (χ0n) is 14.3. The Bertz CT molecular complexity index is 642. The topological polar surface area (TPSA) is 45.2 Å². The lowest BCUT2D eigenvalue weighted by molar-refractivity contribution is 0.194. The predicted octanol–water partition coefficient (Wildman–Crippen LogP) is 3.90. The SMILES string of the molecule is Cc1cccc([C@@H](C)CNC(=O)N(C)[C@H](C)c2ccncc2)c1. The minimum atomic E-state index is -0.0613. The molecule has 0 radical (unpaired) electrons. The quantitative estimate of drug-likeness (QED) is 0.910. The second kappa shape index (κ2) is 7.77. The average Bonchev–Trinajstić information content (AvgIpc) is 2.58. The highest BCUT2D eigenvalue weighted by Gasteiger charge is 2.17. The third-order valence-corrected chi connectivity index (χ3v) is 4.26. The smallest absolute Gasteiger partial charge is 0.317 e. The Morgan fingerprint density at radius 1 is 1.17 bits per heavy atom. The number of aromatic nitrogens is 1. The van der Waals surface area contributed by atoms with Crippen molar-refractivity contribution in [2.45, 2.75) is 32.7 Å². The predicted molar refractivity (Wildman–Crippen MR) is 93.4 cm³/mol. The highest BCUT2D eigenvalue weighted by Crippen LogP contribution is 2.18. The number of rotatable bonds is 5. The third kappa shape index (κ3) is 4.55. The minimum Gasteiger partial charge on any atom is -0.337 e. The number of carbonyl (C=O) groups is 1. The molecule has 2 aromatic rings. The molecular formula is C19H25N3O. The lowest BCUT2D eigenvalue weighted by atomic mass is 9.99. The first-order valence-corrected chi connectivity index (χ1v) is 7.96. The average molecular weight is 311 g/mol. The van der Waals surface area contributed by atoms with Gasteiger partial charge in [0, 0.05) is 26.0 Å². The lowest BCUT2D eigenvalue weighted by Crippen LogP contribution is -2.40. The monoisotopic (exact) mass is 311 g/mol. The Labute approximate surface area is 138 Å². The molecule has 0 spiro atoms. The van der Waals surface area contributed by atoms with Crippen LogP contribution >= 0.6 is 0 Å². The molecule has 1 N–H and O–H groups in total. The standard InChI is InChI=1S/C19H25N3O/c1-14-6-5-7-18(12-14)15(2)13-21-19(23)22(4)16(3)17-8-10-20-11-9-17/h5-12,15-16H,13H2,1-4H3,(H,21,23)/t15-,16+/m0/s1.